The van der Waals surface area contributed by atoms with E-state index < -0.39 is 0 Å². The number of nitrogens with zero attached hydrogens (tertiary/aromatic N) is 1. The van der Waals surface area contributed by atoms with Crippen molar-refractivity contribution in [3.63, 3.8) is 0 Å². The zero-order valence-corrected chi connectivity index (χ0v) is 13.2. The van der Waals surface area contributed by atoms with E-state index in [9.17, 15) is 5.11 Å². The topological polar surface area (TPSA) is 69.6 Å². The average Bonchev–Trinajstić information content (AvgIpc) is 2.92. The predicted molar refractivity (Wildman–Crippen MR) is 90.3 cm³/mol. The van der Waals surface area contributed by atoms with Gasteiger partial charge in [0.15, 0.2) is 17.4 Å². The molecule has 0 spiro atoms. The standard InChI is InChI=1S/C18H20N2O3/c1-22-16-8-7-12(9-17(16)23-2)15(10-19)20-11-13-5-3-4-6-14(13)18(20)21/h3-9,11,15,21H,10,19H2,1-2H3/t15-/m1/s1. The maximum atomic E-state index is 10.5. The molecule has 3 aromatic rings. The first kappa shape index (κ1) is 15.2. The summed E-state index contributed by atoms with van der Waals surface area (Å²) in [4.78, 5) is 0. The molecule has 1 heterocycles. The third kappa shape index (κ3) is 2.59. The van der Waals surface area contributed by atoms with Crippen molar-refractivity contribution < 1.29 is 14.6 Å². The summed E-state index contributed by atoms with van der Waals surface area (Å²) in [6, 6.07) is 13.2. The Bertz CT molecular complexity index is 826. The Morgan fingerprint density at radius 1 is 1.09 bits per heavy atom. The molecule has 0 bridgehead atoms. The number of fused-ring (bicyclic) bond motifs is 1. The summed E-state index contributed by atoms with van der Waals surface area (Å²) in [6.07, 6.45) is 1.92. The number of nitrogens with two attached hydrogens (primary N) is 1. The third-order valence-electron chi connectivity index (χ3n) is 4.08. The van der Waals surface area contributed by atoms with E-state index in [4.69, 9.17) is 15.2 Å². The lowest BCUT2D eigenvalue weighted by atomic mass is 10.1. The molecule has 1 atom stereocenters. The van der Waals surface area contributed by atoms with Crippen LogP contribution in [0.15, 0.2) is 48.7 Å². The van der Waals surface area contributed by atoms with Crippen LogP contribution in [-0.2, 0) is 0 Å². The molecule has 5 heteroatoms. The zero-order valence-electron chi connectivity index (χ0n) is 13.2. The number of aromatic hydroxyl groups is 1. The highest BCUT2D eigenvalue weighted by Crippen LogP contribution is 2.35. The second kappa shape index (κ2) is 6.22. The molecule has 0 amide bonds. The first-order chi connectivity index (χ1) is 11.2. The lowest BCUT2D eigenvalue weighted by Gasteiger charge is -2.20. The number of hydrogen-bond donors (Lipinski definition) is 2. The average molecular weight is 312 g/mol. The molecule has 0 unspecified atom stereocenters. The van der Waals surface area contributed by atoms with Crippen LogP contribution in [0.5, 0.6) is 17.4 Å². The van der Waals surface area contributed by atoms with Crippen LogP contribution in [0.25, 0.3) is 10.8 Å². The number of rotatable bonds is 5. The molecule has 2 aromatic carbocycles. The lowest BCUT2D eigenvalue weighted by Crippen LogP contribution is -2.19. The van der Waals surface area contributed by atoms with E-state index in [-0.39, 0.29) is 11.9 Å². The van der Waals surface area contributed by atoms with Crippen molar-refractivity contribution in [2.45, 2.75) is 6.04 Å². The fourth-order valence-corrected chi connectivity index (χ4v) is 2.87. The molecular weight excluding hydrogens is 292 g/mol. The molecule has 1 aromatic heterocycles. The van der Waals surface area contributed by atoms with Gasteiger partial charge in [0, 0.05) is 23.5 Å². The Kier molecular flexibility index (Phi) is 4.12. The molecule has 23 heavy (non-hydrogen) atoms. The van der Waals surface area contributed by atoms with Gasteiger partial charge in [0.25, 0.3) is 0 Å². The van der Waals surface area contributed by atoms with E-state index in [1.807, 2.05) is 48.7 Å². The first-order valence-electron chi connectivity index (χ1n) is 7.40. The summed E-state index contributed by atoms with van der Waals surface area (Å²) >= 11 is 0. The fourth-order valence-electron chi connectivity index (χ4n) is 2.87. The SMILES string of the molecule is COc1ccc([C@@H](CN)n2cc3ccccc3c2O)cc1OC. The van der Waals surface area contributed by atoms with Crippen molar-refractivity contribution in [1.29, 1.82) is 0 Å². The van der Waals surface area contributed by atoms with E-state index in [0.29, 0.717) is 18.0 Å². The molecule has 0 radical (unpaired) electrons. The van der Waals surface area contributed by atoms with E-state index in [1.165, 1.54) is 0 Å². The van der Waals surface area contributed by atoms with E-state index in [0.717, 1.165) is 16.3 Å². The zero-order chi connectivity index (χ0) is 16.4. The van der Waals surface area contributed by atoms with Crippen LogP contribution in [0.4, 0.5) is 0 Å². The third-order valence-corrected chi connectivity index (χ3v) is 4.08. The van der Waals surface area contributed by atoms with E-state index in [2.05, 4.69) is 0 Å². The van der Waals surface area contributed by atoms with E-state index in [1.54, 1.807) is 18.8 Å². The van der Waals surface area contributed by atoms with Crippen LogP contribution < -0.4 is 15.2 Å². The van der Waals surface area contributed by atoms with Crippen LogP contribution in [0, 0.1) is 0 Å². The van der Waals surface area contributed by atoms with Gasteiger partial charge in [0.2, 0.25) is 0 Å². The molecule has 0 aliphatic carbocycles. The van der Waals surface area contributed by atoms with Gasteiger partial charge in [0.05, 0.1) is 20.3 Å². The summed E-state index contributed by atoms with van der Waals surface area (Å²) in [5.41, 5.74) is 6.93. The number of aromatic nitrogens is 1. The molecule has 3 rings (SSSR count). The number of hydrogen-bond acceptors (Lipinski definition) is 4. The van der Waals surface area contributed by atoms with Crippen LogP contribution >= 0.6 is 0 Å². The number of methoxy groups -OCH3 is 2. The maximum Gasteiger partial charge on any atom is 0.199 e. The van der Waals surface area contributed by atoms with Gasteiger partial charge in [-0.25, -0.2) is 0 Å². The van der Waals surface area contributed by atoms with Gasteiger partial charge in [-0.2, -0.15) is 0 Å². The Labute approximate surface area is 134 Å². The van der Waals surface area contributed by atoms with Gasteiger partial charge in [-0.05, 0) is 23.8 Å². The van der Waals surface area contributed by atoms with Gasteiger partial charge < -0.3 is 24.9 Å². The summed E-state index contributed by atoms with van der Waals surface area (Å²) in [5, 5.41) is 12.3. The summed E-state index contributed by atoms with van der Waals surface area (Å²) in [6.45, 7) is 0.351. The molecule has 5 nitrogen and oxygen atoms in total. The van der Waals surface area contributed by atoms with Gasteiger partial charge in [-0.15, -0.1) is 0 Å². The van der Waals surface area contributed by atoms with Crippen LogP contribution in [0.3, 0.4) is 0 Å². The van der Waals surface area contributed by atoms with Crippen molar-refractivity contribution in [2.75, 3.05) is 20.8 Å². The first-order valence-corrected chi connectivity index (χ1v) is 7.40. The van der Waals surface area contributed by atoms with Crippen molar-refractivity contribution in [3.05, 3.63) is 54.2 Å². The minimum absolute atomic E-state index is 0.192. The molecule has 0 saturated heterocycles. The number of benzene rings is 2. The van der Waals surface area contributed by atoms with Crippen molar-refractivity contribution in [3.8, 4) is 17.4 Å². The molecule has 0 aliphatic rings. The predicted octanol–water partition coefficient (Wildman–Crippen LogP) is 2.91. The highest BCUT2D eigenvalue weighted by Gasteiger charge is 2.19. The van der Waals surface area contributed by atoms with Crippen molar-refractivity contribution >= 4 is 10.8 Å². The Morgan fingerprint density at radius 2 is 1.83 bits per heavy atom. The molecule has 3 N–H and O–H groups in total. The van der Waals surface area contributed by atoms with Crippen LogP contribution in [0.1, 0.15) is 11.6 Å². The molecule has 0 aliphatic heterocycles. The van der Waals surface area contributed by atoms with Crippen LogP contribution in [0.2, 0.25) is 0 Å². The van der Waals surface area contributed by atoms with Crippen LogP contribution in [-0.4, -0.2) is 30.4 Å². The van der Waals surface area contributed by atoms with E-state index >= 15 is 0 Å². The minimum atomic E-state index is -0.192. The number of ether oxygens (including phenoxy) is 2. The molecule has 0 saturated carbocycles. The smallest absolute Gasteiger partial charge is 0.199 e. The quantitative estimate of drug-likeness (QED) is 0.760. The van der Waals surface area contributed by atoms with Crippen molar-refractivity contribution in [2.24, 2.45) is 5.73 Å². The summed E-state index contributed by atoms with van der Waals surface area (Å²) < 4.78 is 12.4. The lowest BCUT2D eigenvalue weighted by molar-refractivity contribution is 0.353. The Balaban J connectivity index is 2.10. The maximum absolute atomic E-state index is 10.5. The van der Waals surface area contributed by atoms with Crippen molar-refractivity contribution in [1.82, 2.24) is 4.57 Å². The molecule has 0 fully saturated rings. The molecule has 120 valence electrons. The monoisotopic (exact) mass is 312 g/mol. The van der Waals surface area contributed by atoms with Gasteiger partial charge in [0.1, 0.15) is 0 Å². The summed E-state index contributed by atoms with van der Waals surface area (Å²) in [5.74, 6) is 1.51. The minimum Gasteiger partial charge on any atom is -0.494 e. The summed E-state index contributed by atoms with van der Waals surface area (Å²) in [7, 11) is 3.20. The largest absolute Gasteiger partial charge is 0.494 e. The molecular formula is C18H20N2O3. The second-order valence-corrected chi connectivity index (χ2v) is 5.31. The second-order valence-electron chi connectivity index (χ2n) is 5.31. The normalized spacial score (nSPS) is 12.3. The fraction of sp³-hybridized carbons (Fsp3) is 0.222. The highest BCUT2D eigenvalue weighted by molar-refractivity contribution is 5.87. The highest BCUT2D eigenvalue weighted by atomic mass is 16.5. The van der Waals surface area contributed by atoms with Gasteiger partial charge >= 0.3 is 0 Å². The Morgan fingerprint density at radius 3 is 2.48 bits per heavy atom. The van der Waals surface area contributed by atoms with Gasteiger partial charge in [-0.3, -0.25) is 0 Å². The Hall–Kier alpha value is -2.66. The van der Waals surface area contributed by atoms with Gasteiger partial charge in [-0.1, -0.05) is 24.3 Å².